The van der Waals surface area contributed by atoms with Gasteiger partial charge in [-0.2, -0.15) is 26.3 Å². The van der Waals surface area contributed by atoms with Gasteiger partial charge in [0.05, 0.1) is 35.4 Å². The number of alkyl halides is 6. The van der Waals surface area contributed by atoms with Crippen LogP contribution in [0.1, 0.15) is 47.6 Å². The van der Waals surface area contributed by atoms with Gasteiger partial charge in [0.25, 0.3) is 0 Å². The molecule has 2 saturated heterocycles. The molecule has 0 radical (unpaired) electrons. The third kappa shape index (κ3) is 4.54. The zero-order chi connectivity index (χ0) is 24.8. The van der Waals surface area contributed by atoms with Crippen molar-refractivity contribution in [2.75, 3.05) is 0 Å². The van der Waals surface area contributed by atoms with E-state index in [2.05, 4.69) is 15.5 Å². The maximum absolute atomic E-state index is 13.3. The molecule has 2 bridgehead atoms. The molecule has 0 saturated carbocycles. The summed E-state index contributed by atoms with van der Waals surface area (Å²) in [4.78, 5) is 0. The molecule has 5 rings (SSSR count). The molecule has 0 spiro atoms. The van der Waals surface area contributed by atoms with E-state index in [0.29, 0.717) is 12.8 Å². The number of benzene rings is 2. The van der Waals surface area contributed by atoms with E-state index in [1.54, 1.807) is 12.7 Å². The highest BCUT2D eigenvalue weighted by molar-refractivity contribution is 5.34. The molecule has 3 heterocycles. The molecule has 1 N–H and O–H groups in total. The van der Waals surface area contributed by atoms with Crippen LogP contribution < -0.4 is 5.32 Å². The van der Waals surface area contributed by atoms with Gasteiger partial charge in [-0.25, -0.2) is 0 Å². The van der Waals surface area contributed by atoms with Crippen molar-refractivity contribution in [2.24, 2.45) is 0 Å². The molecule has 3 aromatic rings. The van der Waals surface area contributed by atoms with Crippen LogP contribution >= 0.6 is 0 Å². The fraction of sp³-hybridized carbons (Fsp3) is 0.417. The van der Waals surface area contributed by atoms with Crippen molar-refractivity contribution in [2.45, 2.75) is 61.9 Å². The first-order valence-electron chi connectivity index (χ1n) is 11.1. The second-order valence-electron chi connectivity index (χ2n) is 9.06. The SMILES string of the molecule is FC(F)(F)c1cc(CO[C@@H]2CC[C@@H]3N[C@@]2(c2ccccc2)C[C@H]3n2cnnc2)cc(C(F)(F)F)c1. The van der Waals surface area contributed by atoms with Gasteiger partial charge in [-0.05, 0) is 48.6 Å². The number of hydrogen-bond donors (Lipinski definition) is 1. The monoisotopic (exact) mass is 496 g/mol. The van der Waals surface area contributed by atoms with Crippen LogP contribution in [0.15, 0.2) is 61.2 Å². The molecule has 2 aliphatic rings. The lowest BCUT2D eigenvalue weighted by atomic mass is 9.80. The summed E-state index contributed by atoms with van der Waals surface area (Å²) in [7, 11) is 0. The molecule has 5 nitrogen and oxygen atoms in total. The third-order valence-electron chi connectivity index (χ3n) is 6.94. The van der Waals surface area contributed by atoms with Gasteiger partial charge >= 0.3 is 12.4 Å². The standard InChI is InChI=1S/C24H22F6N4O/c25-23(26,27)17-8-15(9-18(10-17)24(28,29)30)12-35-21-7-6-19-20(34-13-31-32-14-34)11-22(21,33-19)16-4-2-1-3-5-16/h1-5,8-10,13-14,19-21,33H,6-7,11-12H2/t19-,20+,21+,22+/m0/s1. The van der Waals surface area contributed by atoms with Gasteiger partial charge in [0.2, 0.25) is 0 Å². The molecule has 11 heteroatoms. The number of ether oxygens (including phenoxy) is 1. The van der Waals surface area contributed by atoms with Crippen LogP contribution in [0.3, 0.4) is 0 Å². The Kier molecular flexibility index (Phi) is 5.87. The summed E-state index contributed by atoms with van der Waals surface area (Å²) in [5.41, 5.74) is -2.58. The molecular weight excluding hydrogens is 474 g/mol. The van der Waals surface area contributed by atoms with Crippen molar-refractivity contribution in [3.05, 3.63) is 83.4 Å². The van der Waals surface area contributed by atoms with Gasteiger partial charge in [-0.15, -0.1) is 10.2 Å². The van der Waals surface area contributed by atoms with E-state index in [1.165, 1.54) is 0 Å². The first-order valence-corrected chi connectivity index (χ1v) is 11.1. The van der Waals surface area contributed by atoms with Crippen LogP contribution in [0.5, 0.6) is 0 Å². The van der Waals surface area contributed by atoms with Crippen LogP contribution in [0.25, 0.3) is 0 Å². The number of nitrogens with zero attached hydrogens (tertiary/aromatic N) is 3. The molecule has 4 atom stereocenters. The van der Waals surface area contributed by atoms with E-state index in [-0.39, 0.29) is 30.3 Å². The molecule has 2 aromatic carbocycles. The minimum Gasteiger partial charge on any atom is -0.371 e. The second-order valence-corrected chi connectivity index (χ2v) is 9.06. The summed E-state index contributed by atoms with van der Waals surface area (Å²) < 4.78 is 87.7. The lowest BCUT2D eigenvalue weighted by Crippen LogP contribution is -2.54. The largest absolute Gasteiger partial charge is 0.416 e. The van der Waals surface area contributed by atoms with Crippen LogP contribution in [-0.2, 0) is 29.2 Å². The number of fused-ring (bicyclic) bond motifs is 2. The highest BCUT2D eigenvalue weighted by Gasteiger charge is 2.54. The number of piperidine rings is 1. The van der Waals surface area contributed by atoms with E-state index >= 15 is 0 Å². The quantitative estimate of drug-likeness (QED) is 0.475. The fourth-order valence-corrected chi connectivity index (χ4v) is 5.37. The van der Waals surface area contributed by atoms with Gasteiger partial charge in [-0.3, -0.25) is 0 Å². The predicted molar refractivity (Wildman–Crippen MR) is 113 cm³/mol. The molecule has 35 heavy (non-hydrogen) atoms. The molecule has 2 aliphatic heterocycles. The summed E-state index contributed by atoms with van der Waals surface area (Å²) in [5.74, 6) is 0. The summed E-state index contributed by atoms with van der Waals surface area (Å²) in [6.07, 6.45) is -5.07. The number of rotatable bonds is 5. The molecule has 186 valence electrons. The zero-order valence-corrected chi connectivity index (χ0v) is 18.4. The van der Waals surface area contributed by atoms with E-state index in [4.69, 9.17) is 4.74 Å². The Balaban J connectivity index is 1.45. The Bertz CT molecular complexity index is 1130. The van der Waals surface area contributed by atoms with Gasteiger partial charge in [0, 0.05) is 6.04 Å². The Hall–Kier alpha value is -2.92. The van der Waals surface area contributed by atoms with Crippen molar-refractivity contribution in [3.63, 3.8) is 0 Å². The molecule has 2 fully saturated rings. The number of hydrogen-bond acceptors (Lipinski definition) is 4. The Labute approximate surface area is 197 Å². The number of aromatic nitrogens is 3. The van der Waals surface area contributed by atoms with Crippen LogP contribution in [0.2, 0.25) is 0 Å². The fourth-order valence-electron chi connectivity index (χ4n) is 5.37. The van der Waals surface area contributed by atoms with E-state index in [1.807, 2.05) is 34.9 Å². The van der Waals surface area contributed by atoms with Gasteiger partial charge in [-0.1, -0.05) is 30.3 Å². The van der Waals surface area contributed by atoms with Gasteiger partial charge < -0.3 is 14.6 Å². The summed E-state index contributed by atoms with van der Waals surface area (Å²) in [6, 6.07) is 11.3. The van der Waals surface area contributed by atoms with Crippen LogP contribution in [-0.4, -0.2) is 26.9 Å². The Morgan fingerprint density at radius 1 is 0.914 bits per heavy atom. The average Bonchev–Trinajstić information content (AvgIpc) is 3.45. The van der Waals surface area contributed by atoms with Crippen molar-refractivity contribution in [3.8, 4) is 0 Å². The third-order valence-corrected chi connectivity index (χ3v) is 6.94. The Morgan fingerprint density at radius 2 is 1.54 bits per heavy atom. The lowest BCUT2D eigenvalue weighted by Gasteiger charge is -2.42. The smallest absolute Gasteiger partial charge is 0.371 e. The lowest BCUT2D eigenvalue weighted by molar-refractivity contribution is -0.143. The number of halogens is 6. The predicted octanol–water partition coefficient (Wildman–Crippen LogP) is 5.49. The highest BCUT2D eigenvalue weighted by Crippen LogP contribution is 2.49. The zero-order valence-electron chi connectivity index (χ0n) is 18.4. The highest BCUT2D eigenvalue weighted by atomic mass is 19.4. The Morgan fingerprint density at radius 3 is 2.14 bits per heavy atom. The summed E-state index contributed by atoms with van der Waals surface area (Å²) in [5, 5.41) is 11.5. The minimum atomic E-state index is -4.90. The molecular formula is C24H22F6N4O. The molecule has 0 aliphatic carbocycles. The molecule has 0 unspecified atom stereocenters. The average molecular weight is 496 g/mol. The van der Waals surface area contributed by atoms with Crippen molar-refractivity contribution in [1.29, 1.82) is 0 Å². The molecule has 1 aromatic heterocycles. The first-order chi connectivity index (χ1) is 16.6. The normalized spacial score (nSPS) is 26.7. The van der Waals surface area contributed by atoms with Crippen molar-refractivity contribution in [1.82, 2.24) is 20.1 Å². The van der Waals surface area contributed by atoms with E-state index < -0.39 is 35.1 Å². The minimum absolute atomic E-state index is 0.0317. The maximum Gasteiger partial charge on any atom is 0.416 e. The van der Waals surface area contributed by atoms with Crippen molar-refractivity contribution >= 4 is 0 Å². The van der Waals surface area contributed by atoms with Crippen LogP contribution in [0, 0.1) is 0 Å². The maximum atomic E-state index is 13.3. The van der Waals surface area contributed by atoms with E-state index in [0.717, 1.165) is 24.1 Å². The number of nitrogens with one attached hydrogen (secondary N) is 1. The summed E-state index contributed by atoms with van der Waals surface area (Å²) in [6.45, 7) is -0.379. The summed E-state index contributed by atoms with van der Waals surface area (Å²) >= 11 is 0. The van der Waals surface area contributed by atoms with Crippen LogP contribution in [0.4, 0.5) is 26.3 Å². The van der Waals surface area contributed by atoms with E-state index in [9.17, 15) is 26.3 Å². The van der Waals surface area contributed by atoms with Crippen molar-refractivity contribution < 1.29 is 31.1 Å². The second kappa shape index (κ2) is 8.63. The molecule has 0 amide bonds. The van der Waals surface area contributed by atoms with Gasteiger partial charge in [0.15, 0.2) is 0 Å². The van der Waals surface area contributed by atoms with Gasteiger partial charge in [0.1, 0.15) is 12.7 Å². The topological polar surface area (TPSA) is 52.0 Å². The first kappa shape index (κ1) is 23.8.